The Kier molecular flexibility index (Phi) is 4.36. The van der Waals surface area contributed by atoms with Crippen LogP contribution in [0.4, 0.5) is 17.6 Å². The van der Waals surface area contributed by atoms with Crippen LogP contribution < -0.4 is 4.74 Å². The van der Waals surface area contributed by atoms with Gasteiger partial charge in [0.1, 0.15) is 11.6 Å². The zero-order chi connectivity index (χ0) is 16.3. The topological polar surface area (TPSA) is 33.0 Å². The normalized spacial score (nSPS) is 11.1. The van der Waals surface area contributed by atoms with Crippen LogP contribution in [0.5, 0.6) is 5.75 Å². The quantitative estimate of drug-likeness (QED) is 0.777. The summed E-state index contributed by atoms with van der Waals surface area (Å²) in [6.07, 6.45) is -4.47. The minimum atomic E-state index is -4.59. The first-order valence-corrected chi connectivity index (χ1v) is 6.28. The van der Waals surface area contributed by atoms with E-state index in [1.165, 1.54) is 13.2 Å². The second-order valence-electron chi connectivity index (χ2n) is 4.55. The zero-order valence-corrected chi connectivity index (χ0v) is 11.5. The van der Waals surface area contributed by atoms with Gasteiger partial charge in [-0.25, -0.2) is 4.39 Å². The van der Waals surface area contributed by atoms with Gasteiger partial charge in [0.15, 0.2) is 0 Å². The van der Waals surface area contributed by atoms with Crippen molar-refractivity contribution in [2.75, 3.05) is 7.11 Å². The highest BCUT2D eigenvalue weighted by atomic mass is 19.4. The smallest absolute Gasteiger partial charge is 0.416 e. The molecular weight excluding hydrogens is 298 g/mol. The number of halogens is 4. The van der Waals surface area contributed by atoms with Crippen LogP contribution in [0, 0.1) is 17.1 Å². The number of hydrogen-bond acceptors (Lipinski definition) is 2. The van der Waals surface area contributed by atoms with Crippen LogP contribution in [0.3, 0.4) is 0 Å². The van der Waals surface area contributed by atoms with Crippen LogP contribution in [-0.2, 0) is 12.6 Å². The monoisotopic (exact) mass is 309 g/mol. The molecule has 2 aromatic carbocycles. The second-order valence-corrected chi connectivity index (χ2v) is 4.55. The summed E-state index contributed by atoms with van der Waals surface area (Å²) in [6.45, 7) is 0. The molecule has 22 heavy (non-hydrogen) atoms. The Labute approximate surface area is 124 Å². The third-order valence-corrected chi connectivity index (χ3v) is 3.16. The summed E-state index contributed by atoms with van der Waals surface area (Å²) in [7, 11) is 1.41. The highest BCUT2D eigenvalue weighted by Gasteiger charge is 2.31. The zero-order valence-electron chi connectivity index (χ0n) is 11.5. The Morgan fingerprint density at radius 3 is 2.41 bits per heavy atom. The number of hydrogen-bond donors (Lipinski definition) is 0. The van der Waals surface area contributed by atoms with Crippen molar-refractivity contribution in [2.24, 2.45) is 0 Å². The third kappa shape index (κ3) is 3.19. The lowest BCUT2D eigenvalue weighted by atomic mass is 10.00. The molecule has 2 nitrogen and oxygen atoms in total. The van der Waals surface area contributed by atoms with Crippen molar-refractivity contribution in [1.82, 2.24) is 0 Å². The van der Waals surface area contributed by atoms with E-state index in [-0.39, 0.29) is 12.0 Å². The molecule has 0 saturated heterocycles. The van der Waals surface area contributed by atoms with Gasteiger partial charge in [0.05, 0.1) is 25.2 Å². The summed E-state index contributed by atoms with van der Waals surface area (Å²) < 4.78 is 56.7. The summed E-state index contributed by atoms with van der Waals surface area (Å²) in [5.74, 6) is -0.580. The lowest BCUT2D eigenvalue weighted by molar-refractivity contribution is -0.137. The molecule has 0 spiro atoms. The first-order valence-electron chi connectivity index (χ1n) is 6.28. The van der Waals surface area contributed by atoms with Crippen LogP contribution in [0.25, 0.3) is 11.1 Å². The van der Waals surface area contributed by atoms with E-state index in [1.807, 2.05) is 6.07 Å². The minimum absolute atomic E-state index is 0.0369. The van der Waals surface area contributed by atoms with Gasteiger partial charge in [-0.2, -0.15) is 18.4 Å². The number of methoxy groups -OCH3 is 1. The first kappa shape index (κ1) is 15.8. The lowest BCUT2D eigenvalue weighted by Crippen LogP contribution is -2.05. The van der Waals surface area contributed by atoms with Gasteiger partial charge in [-0.1, -0.05) is 18.2 Å². The van der Waals surface area contributed by atoms with Crippen LogP contribution in [0.15, 0.2) is 36.4 Å². The fourth-order valence-electron chi connectivity index (χ4n) is 2.07. The molecule has 0 fully saturated rings. The van der Waals surface area contributed by atoms with Crippen molar-refractivity contribution >= 4 is 0 Å². The lowest BCUT2D eigenvalue weighted by Gasteiger charge is -2.11. The maximum absolute atomic E-state index is 14.0. The van der Waals surface area contributed by atoms with Crippen molar-refractivity contribution in [2.45, 2.75) is 12.6 Å². The summed E-state index contributed by atoms with van der Waals surface area (Å²) in [5, 5.41) is 8.70. The van der Waals surface area contributed by atoms with Gasteiger partial charge in [-0.15, -0.1) is 0 Å². The molecule has 0 aromatic heterocycles. The fraction of sp³-hybridized carbons (Fsp3) is 0.188. The van der Waals surface area contributed by atoms with E-state index in [1.54, 1.807) is 12.1 Å². The SMILES string of the molecule is COc1cc(-c2ccc(C(F)(F)F)cc2F)ccc1CC#N. The maximum atomic E-state index is 14.0. The summed E-state index contributed by atoms with van der Waals surface area (Å²) in [6, 6.07) is 8.98. The van der Waals surface area contributed by atoms with E-state index < -0.39 is 17.6 Å². The van der Waals surface area contributed by atoms with Crippen LogP contribution >= 0.6 is 0 Å². The Morgan fingerprint density at radius 2 is 1.86 bits per heavy atom. The molecule has 0 bridgehead atoms. The largest absolute Gasteiger partial charge is 0.496 e. The summed E-state index contributed by atoms with van der Waals surface area (Å²) in [4.78, 5) is 0. The highest BCUT2D eigenvalue weighted by molar-refractivity contribution is 5.67. The van der Waals surface area contributed by atoms with Crippen LogP contribution in [0.1, 0.15) is 11.1 Å². The predicted octanol–water partition coefficient (Wildman–Crippen LogP) is 4.59. The van der Waals surface area contributed by atoms with Gasteiger partial charge in [0, 0.05) is 11.1 Å². The van der Waals surface area contributed by atoms with Gasteiger partial charge in [-0.05, 0) is 23.8 Å². The minimum Gasteiger partial charge on any atom is -0.496 e. The Morgan fingerprint density at radius 1 is 1.14 bits per heavy atom. The molecule has 2 rings (SSSR count). The molecule has 0 radical (unpaired) electrons. The molecule has 114 valence electrons. The van der Waals surface area contributed by atoms with E-state index >= 15 is 0 Å². The van der Waals surface area contributed by atoms with Crippen molar-refractivity contribution in [3.05, 3.63) is 53.3 Å². The summed E-state index contributed by atoms with van der Waals surface area (Å²) >= 11 is 0. The van der Waals surface area contributed by atoms with Crippen LogP contribution in [-0.4, -0.2) is 7.11 Å². The molecule has 0 aliphatic rings. The Balaban J connectivity index is 2.47. The van der Waals surface area contributed by atoms with E-state index in [9.17, 15) is 17.6 Å². The van der Waals surface area contributed by atoms with Crippen molar-refractivity contribution in [1.29, 1.82) is 5.26 Å². The molecule has 2 aromatic rings. The maximum Gasteiger partial charge on any atom is 0.416 e. The average Bonchev–Trinajstić information content (AvgIpc) is 2.47. The number of nitrogens with zero attached hydrogens (tertiary/aromatic N) is 1. The average molecular weight is 309 g/mol. The van der Waals surface area contributed by atoms with Crippen LogP contribution in [0.2, 0.25) is 0 Å². The van der Waals surface area contributed by atoms with E-state index in [2.05, 4.69) is 0 Å². The first-order chi connectivity index (χ1) is 10.4. The second kappa shape index (κ2) is 6.06. The molecule has 6 heteroatoms. The van der Waals surface area contributed by atoms with Gasteiger partial charge >= 0.3 is 6.18 Å². The number of ether oxygens (including phenoxy) is 1. The number of rotatable bonds is 3. The predicted molar refractivity (Wildman–Crippen MR) is 72.7 cm³/mol. The molecule has 0 amide bonds. The molecule has 0 saturated carbocycles. The van der Waals surface area contributed by atoms with Gasteiger partial charge in [-0.3, -0.25) is 0 Å². The molecule has 0 aliphatic carbocycles. The molecule has 0 heterocycles. The van der Waals surface area contributed by atoms with E-state index in [4.69, 9.17) is 10.00 Å². The number of alkyl halides is 3. The van der Waals surface area contributed by atoms with Gasteiger partial charge in [0.2, 0.25) is 0 Å². The number of benzene rings is 2. The third-order valence-electron chi connectivity index (χ3n) is 3.16. The van der Waals surface area contributed by atoms with E-state index in [0.717, 1.165) is 12.1 Å². The Bertz CT molecular complexity index is 732. The standard InChI is InChI=1S/C16H11F4NO/c1-22-15-8-11(3-2-10(15)6-7-21)13-5-4-12(9-14(13)17)16(18,19)20/h2-5,8-9H,6H2,1H3. The molecule has 0 atom stereocenters. The summed E-state index contributed by atoms with van der Waals surface area (Å²) in [5.41, 5.74) is 0.00228. The fourth-order valence-corrected chi connectivity index (χ4v) is 2.07. The molecule has 0 aliphatic heterocycles. The Hall–Kier alpha value is -2.55. The highest BCUT2D eigenvalue weighted by Crippen LogP contribution is 2.34. The van der Waals surface area contributed by atoms with Crippen molar-refractivity contribution < 1.29 is 22.3 Å². The van der Waals surface area contributed by atoms with E-state index in [0.29, 0.717) is 22.9 Å². The van der Waals surface area contributed by atoms with Crippen molar-refractivity contribution in [3.8, 4) is 22.9 Å². The molecule has 0 unspecified atom stereocenters. The molecular formula is C16H11F4NO. The molecule has 0 N–H and O–H groups in total. The van der Waals surface area contributed by atoms with Gasteiger partial charge in [0.25, 0.3) is 0 Å². The van der Waals surface area contributed by atoms with Gasteiger partial charge < -0.3 is 4.74 Å². The number of nitriles is 1. The van der Waals surface area contributed by atoms with Crippen molar-refractivity contribution in [3.63, 3.8) is 0 Å².